The van der Waals surface area contributed by atoms with E-state index >= 15 is 0 Å². The van der Waals surface area contributed by atoms with Crippen LogP contribution in [0.2, 0.25) is 0 Å². The Labute approximate surface area is 168 Å². The second kappa shape index (κ2) is 7.87. The lowest BCUT2D eigenvalue weighted by molar-refractivity contribution is -0.384. The van der Waals surface area contributed by atoms with Crippen molar-refractivity contribution in [1.82, 2.24) is 0 Å². The molecule has 150 valence electrons. The molecule has 7 nitrogen and oxygen atoms in total. The third-order valence-electron chi connectivity index (χ3n) is 4.61. The molecule has 0 aromatic heterocycles. The Morgan fingerprint density at radius 1 is 1.21 bits per heavy atom. The van der Waals surface area contributed by atoms with Crippen LogP contribution in [0.25, 0.3) is 5.76 Å². The standard InChI is InChI=1S/C22H22N2O5/c1-4-29-21(26)18(20(25)14-9-11-16(12-10-14)24(27)28)19-17-8-6-5-7-15(17)13-22(2,3)23-19/h5-12,25H,4,13H2,1-3H3/b20-18+. The molecule has 1 aliphatic heterocycles. The number of hydrogen-bond donors (Lipinski definition) is 1. The lowest BCUT2D eigenvalue weighted by Gasteiger charge is -2.29. The molecule has 1 N–H and O–H groups in total. The van der Waals surface area contributed by atoms with Crippen LogP contribution in [0.1, 0.15) is 37.5 Å². The summed E-state index contributed by atoms with van der Waals surface area (Å²) in [6.07, 6.45) is 0.696. The van der Waals surface area contributed by atoms with E-state index in [0.717, 1.165) is 11.1 Å². The van der Waals surface area contributed by atoms with Crippen LogP contribution >= 0.6 is 0 Å². The maximum atomic E-state index is 12.8. The molecule has 0 atom stereocenters. The van der Waals surface area contributed by atoms with Gasteiger partial charge >= 0.3 is 5.97 Å². The highest BCUT2D eigenvalue weighted by molar-refractivity contribution is 6.31. The number of esters is 1. The van der Waals surface area contributed by atoms with Gasteiger partial charge in [-0.15, -0.1) is 0 Å². The molecule has 0 fully saturated rings. The monoisotopic (exact) mass is 394 g/mol. The number of non-ortho nitro benzene ring substituents is 1. The van der Waals surface area contributed by atoms with Gasteiger partial charge in [-0.05, 0) is 44.9 Å². The van der Waals surface area contributed by atoms with Gasteiger partial charge in [0.2, 0.25) is 0 Å². The molecular weight excluding hydrogens is 372 g/mol. The number of carbonyl (C=O) groups excluding carboxylic acids is 1. The Balaban J connectivity index is 2.22. The third-order valence-corrected chi connectivity index (χ3v) is 4.61. The van der Waals surface area contributed by atoms with Crippen LogP contribution in [0.15, 0.2) is 59.1 Å². The Morgan fingerprint density at radius 2 is 1.86 bits per heavy atom. The van der Waals surface area contributed by atoms with Gasteiger partial charge in [0.1, 0.15) is 11.3 Å². The lowest BCUT2D eigenvalue weighted by Crippen LogP contribution is -2.32. The van der Waals surface area contributed by atoms with Gasteiger partial charge in [-0.1, -0.05) is 24.3 Å². The first kappa shape index (κ1) is 20.3. The van der Waals surface area contributed by atoms with E-state index in [9.17, 15) is 20.0 Å². The van der Waals surface area contributed by atoms with E-state index in [-0.39, 0.29) is 29.2 Å². The lowest BCUT2D eigenvalue weighted by atomic mass is 9.84. The van der Waals surface area contributed by atoms with E-state index in [0.29, 0.717) is 12.1 Å². The normalized spacial score (nSPS) is 15.6. The number of ether oxygens (including phenoxy) is 1. The van der Waals surface area contributed by atoms with Crippen molar-refractivity contribution in [2.75, 3.05) is 6.61 Å². The number of aliphatic hydroxyl groups excluding tert-OH is 1. The molecule has 0 saturated carbocycles. The second-order valence-electron chi connectivity index (χ2n) is 7.35. The zero-order valence-corrected chi connectivity index (χ0v) is 16.5. The Bertz CT molecular complexity index is 1020. The summed E-state index contributed by atoms with van der Waals surface area (Å²) in [7, 11) is 0. The van der Waals surface area contributed by atoms with Crippen LogP contribution in [0, 0.1) is 10.1 Å². The van der Waals surface area contributed by atoms with Gasteiger partial charge in [-0.25, -0.2) is 4.79 Å². The fourth-order valence-corrected chi connectivity index (χ4v) is 3.36. The Hall–Kier alpha value is -3.48. The fourth-order valence-electron chi connectivity index (χ4n) is 3.36. The number of aliphatic imine (C=N–C) groups is 1. The van der Waals surface area contributed by atoms with Gasteiger partial charge in [-0.3, -0.25) is 15.1 Å². The molecule has 0 spiro atoms. The van der Waals surface area contributed by atoms with Crippen LogP contribution in [0.5, 0.6) is 0 Å². The largest absolute Gasteiger partial charge is 0.506 e. The van der Waals surface area contributed by atoms with E-state index in [1.807, 2.05) is 38.1 Å². The quantitative estimate of drug-likeness (QED) is 0.268. The van der Waals surface area contributed by atoms with Gasteiger partial charge in [0.25, 0.3) is 5.69 Å². The minimum atomic E-state index is -0.699. The van der Waals surface area contributed by atoms with E-state index in [2.05, 4.69) is 0 Å². The topological polar surface area (TPSA) is 102 Å². The average Bonchev–Trinajstić information content (AvgIpc) is 2.67. The van der Waals surface area contributed by atoms with Crippen LogP contribution < -0.4 is 0 Å². The molecule has 0 radical (unpaired) electrons. The van der Waals surface area contributed by atoms with Gasteiger partial charge < -0.3 is 9.84 Å². The van der Waals surface area contributed by atoms with Crippen LogP contribution in [-0.4, -0.2) is 33.9 Å². The zero-order chi connectivity index (χ0) is 21.2. The summed E-state index contributed by atoms with van der Waals surface area (Å²) >= 11 is 0. The number of benzene rings is 2. The van der Waals surface area contributed by atoms with Crippen LogP contribution in [0.4, 0.5) is 5.69 Å². The molecule has 1 aliphatic rings. The van der Waals surface area contributed by atoms with Crippen molar-refractivity contribution < 1.29 is 19.6 Å². The van der Waals surface area contributed by atoms with Crippen molar-refractivity contribution in [3.8, 4) is 0 Å². The molecule has 0 amide bonds. The fraction of sp³-hybridized carbons (Fsp3) is 0.273. The molecule has 3 rings (SSSR count). The first-order chi connectivity index (χ1) is 13.7. The van der Waals surface area contributed by atoms with E-state index < -0.39 is 16.4 Å². The highest BCUT2D eigenvalue weighted by atomic mass is 16.6. The minimum Gasteiger partial charge on any atom is -0.506 e. The molecule has 29 heavy (non-hydrogen) atoms. The average molecular weight is 394 g/mol. The highest BCUT2D eigenvalue weighted by Gasteiger charge is 2.33. The van der Waals surface area contributed by atoms with Gasteiger partial charge in [0.05, 0.1) is 22.8 Å². The molecule has 7 heteroatoms. The summed E-state index contributed by atoms with van der Waals surface area (Å²) < 4.78 is 5.20. The van der Waals surface area contributed by atoms with Gasteiger partial charge in [-0.2, -0.15) is 0 Å². The Kier molecular flexibility index (Phi) is 5.50. The number of nitrogens with zero attached hydrogens (tertiary/aromatic N) is 2. The molecular formula is C22H22N2O5. The molecule has 2 aromatic carbocycles. The minimum absolute atomic E-state index is 0.0547. The van der Waals surface area contributed by atoms with Crippen molar-refractivity contribution in [2.45, 2.75) is 32.7 Å². The number of rotatable bonds is 5. The molecule has 0 saturated heterocycles. The molecule has 1 heterocycles. The van der Waals surface area contributed by atoms with E-state index in [1.165, 1.54) is 24.3 Å². The summed E-state index contributed by atoms with van der Waals surface area (Å²) in [4.78, 5) is 27.9. The van der Waals surface area contributed by atoms with Crippen molar-refractivity contribution in [1.29, 1.82) is 0 Å². The highest BCUT2D eigenvalue weighted by Crippen LogP contribution is 2.32. The molecule has 2 aromatic rings. The first-order valence-electron chi connectivity index (χ1n) is 9.27. The van der Waals surface area contributed by atoms with Crippen LogP contribution in [0.3, 0.4) is 0 Å². The number of carbonyl (C=O) groups is 1. The number of fused-ring (bicyclic) bond motifs is 1. The predicted octanol–water partition coefficient (Wildman–Crippen LogP) is 4.25. The number of nitro benzene ring substituents is 1. The maximum absolute atomic E-state index is 12.8. The first-order valence-corrected chi connectivity index (χ1v) is 9.27. The van der Waals surface area contributed by atoms with Gasteiger partial charge in [0.15, 0.2) is 0 Å². The van der Waals surface area contributed by atoms with Gasteiger partial charge in [0, 0.05) is 23.3 Å². The van der Waals surface area contributed by atoms with Crippen molar-refractivity contribution in [3.05, 3.63) is 80.9 Å². The van der Waals surface area contributed by atoms with E-state index in [4.69, 9.17) is 9.73 Å². The summed E-state index contributed by atoms with van der Waals surface area (Å²) in [6, 6.07) is 12.9. The summed E-state index contributed by atoms with van der Waals surface area (Å²) in [6.45, 7) is 5.72. The molecule has 0 unspecified atom stereocenters. The Morgan fingerprint density at radius 3 is 2.48 bits per heavy atom. The second-order valence-corrected chi connectivity index (χ2v) is 7.35. The van der Waals surface area contributed by atoms with Crippen molar-refractivity contribution in [3.63, 3.8) is 0 Å². The predicted molar refractivity (Wildman–Crippen MR) is 110 cm³/mol. The molecule has 0 aliphatic carbocycles. The smallest absolute Gasteiger partial charge is 0.344 e. The zero-order valence-electron chi connectivity index (χ0n) is 16.5. The summed E-state index contributed by atoms with van der Waals surface area (Å²) in [5, 5.41) is 21.9. The van der Waals surface area contributed by atoms with E-state index in [1.54, 1.807) is 6.92 Å². The third kappa shape index (κ3) is 4.18. The van der Waals surface area contributed by atoms with Crippen molar-refractivity contribution >= 4 is 23.1 Å². The summed E-state index contributed by atoms with van der Waals surface area (Å²) in [5.41, 5.74) is 1.75. The SMILES string of the molecule is CCOC(=O)/C(C1=NC(C)(C)Cc2ccccc21)=C(/O)c1ccc([N+](=O)[O-])cc1. The number of aliphatic hydroxyl groups is 1. The number of nitro groups is 1. The van der Waals surface area contributed by atoms with Crippen LogP contribution in [-0.2, 0) is 16.0 Å². The molecule has 0 bridgehead atoms. The summed E-state index contributed by atoms with van der Waals surface area (Å²) in [5.74, 6) is -1.03. The number of hydrogen-bond acceptors (Lipinski definition) is 6. The van der Waals surface area contributed by atoms with Crippen molar-refractivity contribution in [2.24, 2.45) is 4.99 Å². The maximum Gasteiger partial charge on any atom is 0.344 e.